The van der Waals surface area contributed by atoms with Crippen LogP contribution in [0.5, 0.6) is 0 Å². The van der Waals surface area contributed by atoms with E-state index in [-0.39, 0.29) is 0 Å². The van der Waals surface area contributed by atoms with Crippen LogP contribution in [-0.4, -0.2) is 27.8 Å². The molecule has 0 fully saturated rings. The first-order valence-corrected chi connectivity index (χ1v) is 4.10. The predicted octanol–water partition coefficient (Wildman–Crippen LogP) is 0.126. The van der Waals surface area contributed by atoms with Crippen molar-refractivity contribution in [3.63, 3.8) is 0 Å². The van der Waals surface area contributed by atoms with Gasteiger partial charge in [-0.15, -0.1) is 5.10 Å². The number of rotatable bonds is 4. The zero-order chi connectivity index (χ0) is 8.97. The molecule has 5 nitrogen and oxygen atoms in total. The van der Waals surface area contributed by atoms with E-state index in [0.717, 1.165) is 12.2 Å². The van der Waals surface area contributed by atoms with E-state index in [1.54, 1.807) is 0 Å². The van der Waals surface area contributed by atoms with Gasteiger partial charge in [0.1, 0.15) is 5.82 Å². The van der Waals surface area contributed by atoms with E-state index in [2.05, 4.69) is 20.5 Å². The van der Waals surface area contributed by atoms with Gasteiger partial charge in [-0.25, -0.2) is 0 Å². The van der Waals surface area contributed by atoms with Crippen molar-refractivity contribution in [2.75, 3.05) is 11.9 Å². The van der Waals surface area contributed by atoms with Gasteiger partial charge in [0, 0.05) is 12.5 Å². The molecule has 0 saturated carbocycles. The summed E-state index contributed by atoms with van der Waals surface area (Å²) in [4.78, 5) is 4.18. The highest BCUT2D eigenvalue weighted by Crippen LogP contribution is 2.00. The Kier molecular flexibility index (Phi) is 3.04. The van der Waals surface area contributed by atoms with Crippen LogP contribution in [0.3, 0.4) is 0 Å². The van der Waals surface area contributed by atoms with Crippen LogP contribution in [0.15, 0.2) is 0 Å². The lowest BCUT2D eigenvalue weighted by molar-refractivity contribution is 0.874. The molecular weight excluding hydrogens is 154 g/mol. The van der Waals surface area contributed by atoms with Crippen molar-refractivity contribution in [3.05, 3.63) is 5.82 Å². The molecule has 1 aromatic heterocycles. The summed E-state index contributed by atoms with van der Waals surface area (Å²) in [7, 11) is 0. The van der Waals surface area contributed by atoms with Gasteiger partial charge in [-0.1, -0.05) is 0 Å². The fourth-order valence-corrected chi connectivity index (χ4v) is 0.867. The molecule has 0 aliphatic heterocycles. The minimum atomic E-state index is 0.353. The highest BCUT2D eigenvalue weighted by molar-refractivity contribution is 5.23. The summed E-state index contributed by atoms with van der Waals surface area (Å²) < 4.78 is 0. The van der Waals surface area contributed by atoms with Gasteiger partial charge < -0.3 is 11.1 Å². The molecule has 12 heavy (non-hydrogen) atoms. The standard InChI is InChI=1S/C7H15N5/c1-5(2)9-7-10-6(3-4-8)11-12-7/h5H,3-4,8H2,1-2H3,(H2,9,10,11,12). The van der Waals surface area contributed by atoms with Gasteiger partial charge in [-0.05, 0) is 20.4 Å². The lowest BCUT2D eigenvalue weighted by atomic mass is 10.4. The minimum Gasteiger partial charge on any atom is -0.351 e. The number of anilines is 1. The number of H-pyrrole nitrogens is 1. The van der Waals surface area contributed by atoms with Crippen LogP contribution in [0.25, 0.3) is 0 Å². The number of hydrogen-bond donors (Lipinski definition) is 3. The van der Waals surface area contributed by atoms with Crippen LogP contribution in [0.4, 0.5) is 5.95 Å². The van der Waals surface area contributed by atoms with Crippen molar-refractivity contribution >= 4 is 5.95 Å². The molecule has 0 amide bonds. The Morgan fingerprint density at radius 3 is 2.92 bits per heavy atom. The molecule has 0 unspecified atom stereocenters. The molecule has 1 heterocycles. The average molecular weight is 169 g/mol. The van der Waals surface area contributed by atoms with Crippen molar-refractivity contribution in [2.24, 2.45) is 5.73 Å². The van der Waals surface area contributed by atoms with Gasteiger partial charge >= 0.3 is 0 Å². The first kappa shape index (κ1) is 8.99. The second-order valence-corrected chi connectivity index (χ2v) is 2.94. The van der Waals surface area contributed by atoms with Crippen molar-refractivity contribution in [1.82, 2.24) is 15.2 Å². The Bertz CT molecular complexity index is 229. The molecule has 0 aliphatic rings. The topological polar surface area (TPSA) is 79.6 Å². The van der Waals surface area contributed by atoms with Crippen molar-refractivity contribution < 1.29 is 0 Å². The normalized spacial score (nSPS) is 10.7. The SMILES string of the molecule is CC(C)Nc1n[nH]c(CCN)n1. The smallest absolute Gasteiger partial charge is 0.242 e. The molecular formula is C7H15N5. The summed E-state index contributed by atoms with van der Waals surface area (Å²) in [6.07, 6.45) is 0.743. The fourth-order valence-electron chi connectivity index (χ4n) is 0.867. The van der Waals surface area contributed by atoms with E-state index >= 15 is 0 Å². The number of nitrogens with two attached hydrogens (primary N) is 1. The minimum absolute atomic E-state index is 0.353. The summed E-state index contributed by atoms with van der Waals surface area (Å²) in [5.41, 5.74) is 5.36. The number of aromatic nitrogens is 3. The Labute approximate surface area is 71.8 Å². The van der Waals surface area contributed by atoms with E-state index in [1.807, 2.05) is 13.8 Å². The van der Waals surface area contributed by atoms with Crippen LogP contribution in [0.2, 0.25) is 0 Å². The molecule has 5 heteroatoms. The lowest BCUT2D eigenvalue weighted by Crippen LogP contribution is -2.11. The first-order chi connectivity index (χ1) is 5.72. The van der Waals surface area contributed by atoms with E-state index in [9.17, 15) is 0 Å². The zero-order valence-corrected chi connectivity index (χ0v) is 7.46. The molecule has 1 rings (SSSR count). The van der Waals surface area contributed by atoms with E-state index in [1.165, 1.54) is 0 Å². The first-order valence-electron chi connectivity index (χ1n) is 4.10. The van der Waals surface area contributed by atoms with Crippen molar-refractivity contribution in [1.29, 1.82) is 0 Å². The Morgan fingerprint density at radius 1 is 1.58 bits per heavy atom. The molecule has 0 aromatic carbocycles. The zero-order valence-electron chi connectivity index (χ0n) is 7.46. The third kappa shape index (κ3) is 2.50. The van der Waals surface area contributed by atoms with Crippen LogP contribution in [0.1, 0.15) is 19.7 Å². The van der Waals surface area contributed by atoms with Gasteiger partial charge in [0.15, 0.2) is 0 Å². The molecule has 4 N–H and O–H groups in total. The number of hydrogen-bond acceptors (Lipinski definition) is 4. The van der Waals surface area contributed by atoms with Crippen molar-refractivity contribution in [3.8, 4) is 0 Å². The second-order valence-electron chi connectivity index (χ2n) is 2.94. The molecule has 0 atom stereocenters. The molecule has 68 valence electrons. The third-order valence-electron chi connectivity index (χ3n) is 1.33. The largest absolute Gasteiger partial charge is 0.351 e. The van der Waals surface area contributed by atoms with Gasteiger partial charge in [-0.2, -0.15) is 4.98 Å². The quantitative estimate of drug-likeness (QED) is 0.598. The summed E-state index contributed by atoms with van der Waals surface area (Å²) >= 11 is 0. The maximum atomic E-state index is 5.36. The lowest BCUT2D eigenvalue weighted by Gasteiger charge is -2.02. The van der Waals surface area contributed by atoms with Gasteiger partial charge in [0.2, 0.25) is 5.95 Å². The predicted molar refractivity (Wildman–Crippen MR) is 47.9 cm³/mol. The molecule has 1 aromatic rings. The number of nitrogens with zero attached hydrogens (tertiary/aromatic N) is 2. The summed E-state index contributed by atoms with van der Waals surface area (Å²) in [5.74, 6) is 1.48. The highest BCUT2D eigenvalue weighted by Gasteiger charge is 2.02. The molecule has 0 radical (unpaired) electrons. The monoisotopic (exact) mass is 169 g/mol. The van der Waals surface area contributed by atoms with Gasteiger partial charge in [-0.3, -0.25) is 5.10 Å². The second kappa shape index (κ2) is 4.06. The van der Waals surface area contributed by atoms with Crippen LogP contribution >= 0.6 is 0 Å². The summed E-state index contributed by atoms with van der Waals surface area (Å²) in [5, 5.41) is 9.87. The maximum absolute atomic E-state index is 5.36. The highest BCUT2D eigenvalue weighted by atomic mass is 15.3. The Hall–Kier alpha value is -1.10. The average Bonchev–Trinajstić information content (AvgIpc) is 2.36. The van der Waals surface area contributed by atoms with E-state index in [4.69, 9.17) is 5.73 Å². The maximum Gasteiger partial charge on any atom is 0.242 e. The molecule has 0 saturated heterocycles. The summed E-state index contributed by atoms with van der Waals surface area (Å²) in [6.45, 7) is 4.67. The van der Waals surface area contributed by atoms with Crippen LogP contribution < -0.4 is 11.1 Å². The number of nitrogens with one attached hydrogen (secondary N) is 2. The van der Waals surface area contributed by atoms with Crippen LogP contribution in [0, 0.1) is 0 Å². The molecule has 0 aliphatic carbocycles. The number of aromatic amines is 1. The van der Waals surface area contributed by atoms with Crippen LogP contribution in [-0.2, 0) is 6.42 Å². The van der Waals surface area contributed by atoms with Crippen molar-refractivity contribution in [2.45, 2.75) is 26.3 Å². The van der Waals surface area contributed by atoms with Gasteiger partial charge in [0.25, 0.3) is 0 Å². The summed E-state index contributed by atoms with van der Waals surface area (Å²) in [6, 6.07) is 0.353. The van der Waals surface area contributed by atoms with E-state index < -0.39 is 0 Å². The molecule has 0 bridgehead atoms. The van der Waals surface area contributed by atoms with Gasteiger partial charge in [0.05, 0.1) is 0 Å². The van der Waals surface area contributed by atoms with E-state index in [0.29, 0.717) is 18.5 Å². The Balaban J connectivity index is 2.52. The Morgan fingerprint density at radius 2 is 2.33 bits per heavy atom. The fraction of sp³-hybridized carbons (Fsp3) is 0.714. The molecule has 0 spiro atoms. The third-order valence-corrected chi connectivity index (χ3v) is 1.33.